The molecule has 1 aromatic rings. The molecule has 0 fully saturated rings. The summed E-state index contributed by atoms with van der Waals surface area (Å²) >= 11 is 0. The molecule has 0 bridgehead atoms. The summed E-state index contributed by atoms with van der Waals surface area (Å²) in [5.41, 5.74) is 1.74. The van der Waals surface area contributed by atoms with Gasteiger partial charge in [-0.15, -0.1) is 0 Å². The summed E-state index contributed by atoms with van der Waals surface area (Å²) in [6.07, 6.45) is 5.57. The van der Waals surface area contributed by atoms with Crippen LogP contribution in [0.1, 0.15) is 49.9 Å². The van der Waals surface area contributed by atoms with Crippen molar-refractivity contribution >= 4 is 12.0 Å². The summed E-state index contributed by atoms with van der Waals surface area (Å²) < 4.78 is 5.18. The van der Waals surface area contributed by atoms with E-state index in [4.69, 9.17) is 4.74 Å². The van der Waals surface area contributed by atoms with Crippen LogP contribution in [0.15, 0.2) is 18.2 Å². The molecule has 0 spiro atoms. The molecule has 106 valence electrons. The quantitative estimate of drug-likeness (QED) is 0.632. The maximum Gasteiger partial charge on any atom is 0.153 e. The molecule has 3 nitrogen and oxygen atoms in total. The summed E-state index contributed by atoms with van der Waals surface area (Å²) in [6, 6.07) is 5.85. The van der Waals surface area contributed by atoms with Gasteiger partial charge in [0.1, 0.15) is 5.75 Å². The second kappa shape index (κ2) is 8.57. The number of nitrogens with zero attached hydrogens (tertiary/aromatic N) is 1. The van der Waals surface area contributed by atoms with Crippen molar-refractivity contribution in [2.24, 2.45) is 0 Å². The first-order chi connectivity index (χ1) is 9.26. The molecule has 0 atom stereocenters. The molecule has 0 aliphatic carbocycles. The van der Waals surface area contributed by atoms with Gasteiger partial charge in [0.15, 0.2) is 6.29 Å². The Morgan fingerprint density at radius 2 is 1.79 bits per heavy atom. The van der Waals surface area contributed by atoms with Crippen LogP contribution in [-0.2, 0) is 0 Å². The minimum atomic E-state index is 0.623. The molecule has 0 aliphatic rings. The predicted octanol–water partition coefficient (Wildman–Crippen LogP) is 3.91. The first-order valence-electron chi connectivity index (χ1n) is 7.15. The van der Waals surface area contributed by atoms with Crippen LogP contribution in [0.5, 0.6) is 5.75 Å². The van der Waals surface area contributed by atoms with Gasteiger partial charge in [-0.1, -0.05) is 26.7 Å². The van der Waals surface area contributed by atoms with E-state index in [2.05, 4.69) is 18.7 Å². The molecule has 0 aromatic heterocycles. The zero-order valence-electron chi connectivity index (χ0n) is 12.3. The molecule has 0 saturated carbocycles. The number of hydrogen-bond donors (Lipinski definition) is 0. The fraction of sp³-hybridized carbons (Fsp3) is 0.562. The fourth-order valence-corrected chi connectivity index (χ4v) is 2.08. The molecule has 1 aromatic carbocycles. The number of unbranched alkanes of at least 4 members (excludes halogenated alkanes) is 2. The number of rotatable bonds is 9. The van der Waals surface area contributed by atoms with Crippen LogP contribution in [0, 0.1) is 0 Å². The van der Waals surface area contributed by atoms with Gasteiger partial charge in [-0.3, -0.25) is 4.79 Å². The van der Waals surface area contributed by atoms with Gasteiger partial charge in [0.25, 0.3) is 0 Å². The highest BCUT2D eigenvalue weighted by molar-refractivity contribution is 5.81. The molecule has 0 heterocycles. The lowest BCUT2D eigenvalue weighted by atomic mass is 10.1. The van der Waals surface area contributed by atoms with Crippen LogP contribution in [0.2, 0.25) is 0 Å². The number of carbonyl (C=O) groups is 1. The predicted molar refractivity (Wildman–Crippen MR) is 80.4 cm³/mol. The van der Waals surface area contributed by atoms with Crippen molar-refractivity contribution in [1.29, 1.82) is 0 Å². The number of anilines is 1. The normalized spacial score (nSPS) is 10.3. The molecule has 0 radical (unpaired) electrons. The number of aldehydes is 1. The van der Waals surface area contributed by atoms with Crippen LogP contribution in [0.4, 0.5) is 5.69 Å². The molecule has 0 aliphatic heterocycles. The summed E-state index contributed by atoms with van der Waals surface area (Å²) in [5, 5.41) is 0. The van der Waals surface area contributed by atoms with Crippen LogP contribution in [0.3, 0.4) is 0 Å². The number of hydrogen-bond acceptors (Lipinski definition) is 3. The molecular formula is C16H25NO2. The topological polar surface area (TPSA) is 29.5 Å². The summed E-state index contributed by atoms with van der Waals surface area (Å²) in [4.78, 5) is 13.5. The number of methoxy groups -OCH3 is 1. The largest absolute Gasteiger partial charge is 0.496 e. The number of benzene rings is 1. The van der Waals surface area contributed by atoms with Gasteiger partial charge >= 0.3 is 0 Å². The SMILES string of the molecule is CCCCN(CCCC)c1ccc(OC)c(C=O)c1. The van der Waals surface area contributed by atoms with E-state index in [1.165, 1.54) is 25.7 Å². The monoisotopic (exact) mass is 263 g/mol. The smallest absolute Gasteiger partial charge is 0.153 e. The summed E-state index contributed by atoms with van der Waals surface area (Å²) in [5.74, 6) is 0.643. The van der Waals surface area contributed by atoms with Gasteiger partial charge < -0.3 is 9.64 Å². The lowest BCUT2D eigenvalue weighted by Crippen LogP contribution is -2.25. The second-order valence-electron chi connectivity index (χ2n) is 4.74. The average molecular weight is 263 g/mol. The van der Waals surface area contributed by atoms with Gasteiger partial charge in [0.05, 0.1) is 12.7 Å². The van der Waals surface area contributed by atoms with Crippen LogP contribution >= 0.6 is 0 Å². The van der Waals surface area contributed by atoms with Crippen molar-refractivity contribution in [3.05, 3.63) is 23.8 Å². The van der Waals surface area contributed by atoms with E-state index < -0.39 is 0 Å². The van der Waals surface area contributed by atoms with Crippen LogP contribution in [-0.4, -0.2) is 26.5 Å². The zero-order chi connectivity index (χ0) is 14.1. The van der Waals surface area contributed by atoms with Crippen molar-refractivity contribution < 1.29 is 9.53 Å². The lowest BCUT2D eigenvalue weighted by Gasteiger charge is -2.25. The average Bonchev–Trinajstić information content (AvgIpc) is 2.46. The van der Waals surface area contributed by atoms with Gasteiger partial charge in [-0.2, -0.15) is 0 Å². The molecule has 0 unspecified atom stereocenters. The highest BCUT2D eigenvalue weighted by atomic mass is 16.5. The van der Waals surface area contributed by atoms with Gasteiger partial charge in [-0.25, -0.2) is 0 Å². The Morgan fingerprint density at radius 3 is 2.26 bits per heavy atom. The molecule has 3 heteroatoms. The molecule has 0 N–H and O–H groups in total. The maximum absolute atomic E-state index is 11.1. The molecule has 19 heavy (non-hydrogen) atoms. The zero-order valence-corrected chi connectivity index (χ0v) is 12.3. The van der Waals surface area contributed by atoms with E-state index in [0.29, 0.717) is 11.3 Å². The van der Waals surface area contributed by atoms with Crippen LogP contribution < -0.4 is 9.64 Å². The minimum absolute atomic E-state index is 0.623. The molecular weight excluding hydrogens is 238 g/mol. The first-order valence-corrected chi connectivity index (χ1v) is 7.15. The van der Waals surface area contributed by atoms with Crippen molar-refractivity contribution in [1.82, 2.24) is 0 Å². The van der Waals surface area contributed by atoms with E-state index in [1.807, 2.05) is 18.2 Å². The van der Waals surface area contributed by atoms with Crippen molar-refractivity contribution in [3.8, 4) is 5.75 Å². The van der Waals surface area contributed by atoms with Gasteiger partial charge in [0, 0.05) is 18.8 Å². The summed E-state index contributed by atoms with van der Waals surface area (Å²) in [7, 11) is 1.59. The van der Waals surface area contributed by atoms with Crippen molar-refractivity contribution in [2.45, 2.75) is 39.5 Å². The Balaban J connectivity index is 2.90. The van der Waals surface area contributed by atoms with E-state index in [9.17, 15) is 4.79 Å². The fourth-order valence-electron chi connectivity index (χ4n) is 2.08. The highest BCUT2D eigenvalue weighted by Gasteiger charge is 2.09. The third kappa shape index (κ3) is 4.58. The molecule has 1 rings (SSSR count). The molecule has 0 amide bonds. The second-order valence-corrected chi connectivity index (χ2v) is 4.74. The number of carbonyl (C=O) groups excluding carboxylic acids is 1. The van der Waals surface area contributed by atoms with Crippen molar-refractivity contribution in [2.75, 3.05) is 25.1 Å². The van der Waals surface area contributed by atoms with E-state index in [0.717, 1.165) is 25.1 Å². The standard InChI is InChI=1S/C16H25NO2/c1-4-6-10-17(11-7-5-2)15-8-9-16(19-3)14(12-15)13-18/h8-9,12-13H,4-7,10-11H2,1-3H3. The lowest BCUT2D eigenvalue weighted by molar-refractivity contribution is 0.112. The van der Waals surface area contributed by atoms with E-state index in [-0.39, 0.29) is 0 Å². The van der Waals surface area contributed by atoms with E-state index in [1.54, 1.807) is 7.11 Å². The van der Waals surface area contributed by atoms with E-state index >= 15 is 0 Å². The Kier molecular flexibility index (Phi) is 7.01. The Morgan fingerprint density at radius 1 is 1.16 bits per heavy atom. The van der Waals surface area contributed by atoms with Crippen molar-refractivity contribution in [3.63, 3.8) is 0 Å². The van der Waals surface area contributed by atoms with Gasteiger partial charge in [-0.05, 0) is 31.0 Å². The Hall–Kier alpha value is -1.51. The Labute approximate surface area is 116 Å². The third-order valence-electron chi connectivity index (χ3n) is 3.27. The molecule has 0 saturated heterocycles. The Bertz CT molecular complexity index is 382. The first kappa shape index (κ1) is 15.5. The highest BCUT2D eigenvalue weighted by Crippen LogP contribution is 2.24. The van der Waals surface area contributed by atoms with Crippen LogP contribution in [0.25, 0.3) is 0 Å². The van der Waals surface area contributed by atoms with Gasteiger partial charge in [0.2, 0.25) is 0 Å². The maximum atomic E-state index is 11.1. The third-order valence-corrected chi connectivity index (χ3v) is 3.27. The number of ether oxygens (including phenoxy) is 1. The summed E-state index contributed by atoms with van der Waals surface area (Å²) in [6.45, 7) is 6.48. The minimum Gasteiger partial charge on any atom is -0.496 e.